The number of carbonyl (C=O) groups excluding carboxylic acids is 1. The van der Waals surface area contributed by atoms with Crippen LogP contribution in [0, 0.1) is 5.41 Å². The minimum absolute atomic E-state index is 0.0266. The van der Waals surface area contributed by atoms with Crippen molar-refractivity contribution in [2.24, 2.45) is 5.41 Å². The normalized spacial score (nSPS) is 12.7. The number of hydrogen-bond donors (Lipinski definition) is 1. The van der Waals surface area contributed by atoms with Gasteiger partial charge in [0.05, 0.1) is 0 Å². The summed E-state index contributed by atoms with van der Waals surface area (Å²) in [5.41, 5.74) is -0.252. The highest BCUT2D eigenvalue weighted by atomic mass is 16.4. The topological polar surface area (TPSA) is 54.4 Å². The van der Waals surface area contributed by atoms with Crippen molar-refractivity contribution in [3.63, 3.8) is 0 Å². The fraction of sp³-hybridized carbons (Fsp3) is 0.667. The van der Waals surface area contributed by atoms with Gasteiger partial charge in [-0.05, 0) is 6.42 Å². The van der Waals surface area contributed by atoms with Crippen molar-refractivity contribution in [1.29, 1.82) is 0 Å². The first kappa shape index (κ1) is 13.9. The van der Waals surface area contributed by atoms with E-state index < -0.39 is 11.4 Å². The third-order valence-electron chi connectivity index (χ3n) is 2.14. The number of Topliss-reactive ketones (excluding diaryl/α,β-unsaturated/α-hetero) is 1. The van der Waals surface area contributed by atoms with E-state index in [4.69, 9.17) is 5.11 Å². The van der Waals surface area contributed by atoms with Crippen LogP contribution >= 0.6 is 0 Å². The molecule has 0 aliphatic carbocycles. The molecule has 0 atom stereocenters. The second-order valence-corrected chi connectivity index (χ2v) is 4.67. The number of allylic oxidation sites excluding steroid dienone is 1. The molecule has 0 aromatic rings. The average Bonchev–Trinajstić information content (AvgIpc) is 2.09. The summed E-state index contributed by atoms with van der Waals surface area (Å²) in [4.78, 5) is 22.5. The average molecular weight is 212 g/mol. The Morgan fingerprint density at radius 2 is 1.80 bits per heavy atom. The molecule has 0 amide bonds. The molecule has 0 heterocycles. The molecular formula is C12H20O3. The minimum atomic E-state index is -0.985. The van der Waals surface area contributed by atoms with Gasteiger partial charge in [-0.1, -0.05) is 40.2 Å². The largest absolute Gasteiger partial charge is 0.478 e. The number of carboxylic acid groups (broad SMARTS) is 1. The second kappa shape index (κ2) is 5.69. The Hall–Kier alpha value is -1.12. The number of hydrogen-bond acceptors (Lipinski definition) is 2. The summed E-state index contributed by atoms with van der Waals surface area (Å²) in [5, 5.41) is 8.89. The van der Waals surface area contributed by atoms with Crippen LogP contribution in [0.4, 0.5) is 0 Å². The third kappa shape index (κ3) is 5.35. The van der Waals surface area contributed by atoms with E-state index in [-0.39, 0.29) is 17.8 Å². The first-order valence-electron chi connectivity index (χ1n) is 5.24. The Kier molecular flexibility index (Phi) is 5.26. The fourth-order valence-corrected chi connectivity index (χ4v) is 0.992. The van der Waals surface area contributed by atoms with E-state index in [2.05, 4.69) is 0 Å². The Morgan fingerprint density at radius 3 is 2.13 bits per heavy atom. The zero-order valence-corrected chi connectivity index (χ0v) is 9.96. The Bertz CT molecular complexity index is 269. The lowest BCUT2D eigenvalue weighted by molar-refractivity contribution is -0.134. The molecular weight excluding hydrogens is 192 g/mol. The summed E-state index contributed by atoms with van der Waals surface area (Å²) in [6.45, 7) is 7.37. The van der Waals surface area contributed by atoms with Gasteiger partial charge in [-0.3, -0.25) is 4.79 Å². The van der Waals surface area contributed by atoms with Crippen LogP contribution in [0.2, 0.25) is 0 Å². The van der Waals surface area contributed by atoms with E-state index in [1.807, 2.05) is 6.92 Å². The van der Waals surface area contributed by atoms with Gasteiger partial charge in [0.1, 0.15) is 5.78 Å². The van der Waals surface area contributed by atoms with Crippen molar-refractivity contribution in [1.82, 2.24) is 0 Å². The molecule has 0 saturated carbocycles. The molecule has 0 aliphatic rings. The van der Waals surface area contributed by atoms with Gasteiger partial charge in [-0.25, -0.2) is 4.79 Å². The Morgan fingerprint density at radius 1 is 1.27 bits per heavy atom. The smallest absolute Gasteiger partial charge is 0.331 e. The molecule has 0 bridgehead atoms. The van der Waals surface area contributed by atoms with Crippen molar-refractivity contribution in [2.45, 2.75) is 47.0 Å². The molecule has 0 aliphatic heterocycles. The number of ketones is 1. The Labute approximate surface area is 91.2 Å². The van der Waals surface area contributed by atoms with E-state index in [1.54, 1.807) is 26.8 Å². The van der Waals surface area contributed by atoms with Crippen molar-refractivity contribution < 1.29 is 14.7 Å². The van der Waals surface area contributed by atoms with Crippen LogP contribution in [-0.4, -0.2) is 16.9 Å². The quantitative estimate of drug-likeness (QED) is 0.713. The summed E-state index contributed by atoms with van der Waals surface area (Å²) >= 11 is 0. The van der Waals surface area contributed by atoms with Gasteiger partial charge in [0.25, 0.3) is 0 Å². The molecule has 0 fully saturated rings. The van der Waals surface area contributed by atoms with Crippen LogP contribution in [0.5, 0.6) is 0 Å². The number of rotatable bonds is 5. The van der Waals surface area contributed by atoms with Crippen LogP contribution in [0.25, 0.3) is 0 Å². The van der Waals surface area contributed by atoms with Gasteiger partial charge in [0.2, 0.25) is 0 Å². The maximum atomic E-state index is 11.6. The molecule has 0 aromatic carbocycles. The molecule has 0 unspecified atom stereocenters. The predicted octanol–water partition coefficient (Wildman–Crippen LogP) is 2.80. The van der Waals surface area contributed by atoms with Gasteiger partial charge >= 0.3 is 5.97 Å². The van der Waals surface area contributed by atoms with Crippen molar-refractivity contribution in [3.8, 4) is 0 Å². The number of aliphatic carboxylic acids is 1. The second-order valence-electron chi connectivity index (χ2n) is 4.67. The van der Waals surface area contributed by atoms with Crippen LogP contribution in [0.15, 0.2) is 11.6 Å². The number of carboxylic acids is 1. The van der Waals surface area contributed by atoms with Crippen LogP contribution in [0.3, 0.4) is 0 Å². The lowest BCUT2D eigenvalue weighted by atomic mass is 9.87. The SMILES string of the molecule is CCC/C=C(\CC(=O)C(C)(C)C)C(=O)O. The van der Waals surface area contributed by atoms with Gasteiger partial charge in [-0.2, -0.15) is 0 Å². The summed E-state index contributed by atoms with van der Waals surface area (Å²) < 4.78 is 0. The van der Waals surface area contributed by atoms with Crippen LogP contribution < -0.4 is 0 Å². The maximum Gasteiger partial charge on any atom is 0.331 e. The minimum Gasteiger partial charge on any atom is -0.478 e. The summed E-state index contributed by atoms with van der Waals surface area (Å²) in [5.74, 6) is -1.02. The molecule has 0 rings (SSSR count). The lowest BCUT2D eigenvalue weighted by Gasteiger charge is -2.16. The number of carbonyl (C=O) groups is 2. The van der Waals surface area contributed by atoms with Gasteiger partial charge in [0, 0.05) is 17.4 Å². The highest BCUT2D eigenvalue weighted by molar-refractivity contribution is 5.96. The zero-order chi connectivity index (χ0) is 12.1. The molecule has 0 radical (unpaired) electrons. The highest BCUT2D eigenvalue weighted by Gasteiger charge is 2.23. The molecule has 3 nitrogen and oxygen atoms in total. The molecule has 15 heavy (non-hydrogen) atoms. The fourth-order valence-electron chi connectivity index (χ4n) is 0.992. The van der Waals surface area contributed by atoms with Crippen LogP contribution in [0.1, 0.15) is 47.0 Å². The summed E-state index contributed by atoms with van der Waals surface area (Å²) in [6, 6.07) is 0. The van der Waals surface area contributed by atoms with Gasteiger partial charge in [0.15, 0.2) is 0 Å². The first-order chi connectivity index (χ1) is 6.79. The monoisotopic (exact) mass is 212 g/mol. The first-order valence-corrected chi connectivity index (χ1v) is 5.24. The molecule has 1 N–H and O–H groups in total. The summed E-state index contributed by atoms with van der Waals surface area (Å²) in [6.07, 6.45) is 3.27. The summed E-state index contributed by atoms with van der Waals surface area (Å²) in [7, 11) is 0. The predicted molar refractivity (Wildman–Crippen MR) is 59.7 cm³/mol. The number of unbranched alkanes of at least 4 members (excludes halogenated alkanes) is 1. The van der Waals surface area contributed by atoms with E-state index in [0.29, 0.717) is 6.42 Å². The molecule has 86 valence electrons. The van der Waals surface area contributed by atoms with Crippen molar-refractivity contribution in [2.75, 3.05) is 0 Å². The third-order valence-corrected chi connectivity index (χ3v) is 2.14. The molecule has 0 aromatic heterocycles. The molecule has 0 spiro atoms. The maximum absolute atomic E-state index is 11.6. The molecule has 3 heteroatoms. The van der Waals surface area contributed by atoms with Crippen LogP contribution in [-0.2, 0) is 9.59 Å². The van der Waals surface area contributed by atoms with E-state index in [9.17, 15) is 9.59 Å². The van der Waals surface area contributed by atoms with E-state index in [0.717, 1.165) is 6.42 Å². The zero-order valence-electron chi connectivity index (χ0n) is 9.96. The standard InChI is InChI=1S/C12H20O3/c1-5-6-7-9(11(14)15)8-10(13)12(2,3)4/h7H,5-6,8H2,1-4H3,(H,14,15)/b9-7+. The van der Waals surface area contributed by atoms with Gasteiger partial charge in [-0.15, -0.1) is 0 Å². The van der Waals surface area contributed by atoms with Crippen molar-refractivity contribution >= 4 is 11.8 Å². The van der Waals surface area contributed by atoms with E-state index >= 15 is 0 Å². The Balaban J connectivity index is 4.57. The molecule has 0 saturated heterocycles. The highest BCUT2D eigenvalue weighted by Crippen LogP contribution is 2.20. The van der Waals surface area contributed by atoms with Crippen molar-refractivity contribution in [3.05, 3.63) is 11.6 Å². The van der Waals surface area contributed by atoms with Gasteiger partial charge < -0.3 is 5.11 Å². The van der Waals surface area contributed by atoms with E-state index in [1.165, 1.54) is 0 Å². The lowest BCUT2D eigenvalue weighted by Crippen LogP contribution is -2.22.